The summed E-state index contributed by atoms with van der Waals surface area (Å²) in [6, 6.07) is 7.57. The molecule has 0 spiro atoms. The highest BCUT2D eigenvalue weighted by Gasteiger charge is 2.30. The topological polar surface area (TPSA) is 68.5 Å². The van der Waals surface area contributed by atoms with Gasteiger partial charge in [-0.05, 0) is 44.2 Å². The average Bonchev–Trinajstić information content (AvgIpc) is 3.04. The van der Waals surface area contributed by atoms with Gasteiger partial charge in [0.15, 0.2) is 5.82 Å². The zero-order chi connectivity index (χ0) is 17.2. The van der Waals surface area contributed by atoms with Crippen LogP contribution in [0.15, 0.2) is 28.8 Å². The maximum Gasteiger partial charge on any atom is 0.257 e. The van der Waals surface area contributed by atoms with Gasteiger partial charge in [-0.25, -0.2) is 0 Å². The van der Waals surface area contributed by atoms with Crippen LogP contribution in [0.5, 0.6) is 5.75 Å². The van der Waals surface area contributed by atoms with E-state index in [0.29, 0.717) is 29.6 Å². The third kappa shape index (κ3) is 3.38. The van der Waals surface area contributed by atoms with E-state index in [-0.39, 0.29) is 17.9 Å². The highest BCUT2D eigenvalue weighted by molar-refractivity contribution is 5.97. The summed E-state index contributed by atoms with van der Waals surface area (Å²) < 4.78 is 11.1. The van der Waals surface area contributed by atoms with Gasteiger partial charge in [0, 0.05) is 25.9 Å². The fraction of sp³-hybridized carbons (Fsp3) is 0.526. The lowest BCUT2D eigenvalue weighted by atomic mass is 9.95. The van der Waals surface area contributed by atoms with E-state index in [0.717, 1.165) is 32.2 Å². The molecule has 1 aliphatic heterocycles. The number of piperidine rings is 1. The van der Waals surface area contributed by atoms with E-state index in [1.54, 1.807) is 6.92 Å². The fourth-order valence-electron chi connectivity index (χ4n) is 3.44. The van der Waals surface area contributed by atoms with E-state index in [9.17, 15) is 4.79 Å². The Bertz CT molecular complexity index is 754. The molecular formula is C19H23N3O3. The number of carbonyl (C=O) groups is 1. The predicted octanol–water partition coefficient (Wildman–Crippen LogP) is 3.33. The van der Waals surface area contributed by atoms with Crippen LogP contribution < -0.4 is 4.74 Å². The van der Waals surface area contributed by atoms with E-state index in [4.69, 9.17) is 9.26 Å². The lowest BCUT2D eigenvalue weighted by Gasteiger charge is -2.32. The predicted molar refractivity (Wildman–Crippen MR) is 91.6 cm³/mol. The maximum absolute atomic E-state index is 13.1. The molecule has 25 heavy (non-hydrogen) atoms. The number of hydrogen-bond acceptors (Lipinski definition) is 5. The van der Waals surface area contributed by atoms with Gasteiger partial charge in [0.2, 0.25) is 5.89 Å². The van der Waals surface area contributed by atoms with Gasteiger partial charge in [0.05, 0.1) is 11.7 Å². The Morgan fingerprint density at radius 3 is 2.80 bits per heavy atom. The van der Waals surface area contributed by atoms with E-state index in [1.165, 1.54) is 6.42 Å². The number of ether oxygens (including phenoxy) is 1. The summed E-state index contributed by atoms with van der Waals surface area (Å²) in [5, 5.41) is 4.03. The Morgan fingerprint density at radius 2 is 2.08 bits per heavy atom. The zero-order valence-corrected chi connectivity index (χ0v) is 14.5. The minimum Gasteiger partial charge on any atom is -0.490 e. The molecule has 4 rings (SSSR count). The SMILES string of the molecule is Cc1nc([C@@H]2CCCN(C(=O)c3ccccc3OC3CCC3)C2)no1. The van der Waals surface area contributed by atoms with Crippen molar-refractivity contribution in [2.45, 2.75) is 51.0 Å². The van der Waals surface area contributed by atoms with Crippen molar-refractivity contribution >= 4 is 5.91 Å². The molecule has 1 aliphatic carbocycles. The lowest BCUT2D eigenvalue weighted by molar-refractivity contribution is 0.0687. The van der Waals surface area contributed by atoms with Crippen LogP contribution in [0.2, 0.25) is 0 Å². The minimum absolute atomic E-state index is 0.0276. The number of rotatable bonds is 4. The number of nitrogens with zero attached hydrogens (tertiary/aromatic N) is 3. The van der Waals surface area contributed by atoms with Gasteiger partial charge >= 0.3 is 0 Å². The Morgan fingerprint density at radius 1 is 1.24 bits per heavy atom. The molecule has 1 amide bonds. The molecule has 2 fully saturated rings. The van der Waals surface area contributed by atoms with Gasteiger partial charge in [-0.1, -0.05) is 17.3 Å². The Labute approximate surface area is 147 Å². The third-order valence-corrected chi connectivity index (χ3v) is 5.08. The molecule has 1 aromatic heterocycles. The van der Waals surface area contributed by atoms with Crippen LogP contribution in [-0.4, -0.2) is 40.1 Å². The molecule has 2 aliphatic rings. The molecule has 1 saturated heterocycles. The van der Waals surface area contributed by atoms with Crippen LogP contribution >= 0.6 is 0 Å². The van der Waals surface area contributed by atoms with Gasteiger partial charge in [0.25, 0.3) is 5.91 Å². The second kappa shape index (κ2) is 6.86. The normalized spacial score (nSPS) is 21.0. The lowest BCUT2D eigenvalue weighted by Crippen LogP contribution is -2.39. The summed E-state index contributed by atoms with van der Waals surface area (Å²) in [5.41, 5.74) is 0.652. The first-order valence-electron chi connectivity index (χ1n) is 9.06. The van der Waals surface area contributed by atoms with Crippen LogP contribution in [-0.2, 0) is 0 Å². The summed E-state index contributed by atoms with van der Waals surface area (Å²) >= 11 is 0. The molecule has 0 radical (unpaired) electrons. The standard InChI is InChI=1S/C19H23N3O3/c1-13-20-18(21-25-13)14-6-5-11-22(12-14)19(23)16-9-2-3-10-17(16)24-15-7-4-8-15/h2-3,9-10,14-15H,4-8,11-12H2,1H3/t14-/m1/s1. The summed E-state index contributed by atoms with van der Waals surface area (Å²) in [6.45, 7) is 3.16. The molecule has 2 heterocycles. The molecule has 6 heteroatoms. The number of aryl methyl sites for hydroxylation is 1. The Balaban J connectivity index is 1.50. The fourth-order valence-corrected chi connectivity index (χ4v) is 3.44. The molecule has 0 N–H and O–H groups in total. The average molecular weight is 341 g/mol. The van der Waals surface area contributed by atoms with Crippen LogP contribution in [0.4, 0.5) is 0 Å². The number of carbonyl (C=O) groups excluding carboxylic acids is 1. The van der Waals surface area contributed by atoms with Crippen molar-refractivity contribution in [2.24, 2.45) is 0 Å². The van der Waals surface area contributed by atoms with E-state index >= 15 is 0 Å². The van der Waals surface area contributed by atoms with Gasteiger partial charge in [-0.3, -0.25) is 4.79 Å². The van der Waals surface area contributed by atoms with E-state index in [2.05, 4.69) is 10.1 Å². The molecule has 1 aromatic carbocycles. The molecular weight excluding hydrogens is 318 g/mol. The molecule has 132 valence electrons. The monoisotopic (exact) mass is 341 g/mol. The van der Waals surface area contributed by atoms with Crippen molar-refractivity contribution in [1.82, 2.24) is 15.0 Å². The van der Waals surface area contributed by atoms with Crippen molar-refractivity contribution < 1.29 is 14.1 Å². The van der Waals surface area contributed by atoms with Gasteiger partial charge in [-0.2, -0.15) is 4.98 Å². The number of para-hydroxylation sites is 1. The van der Waals surface area contributed by atoms with Crippen molar-refractivity contribution in [2.75, 3.05) is 13.1 Å². The van der Waals surface area contributed by atoms with Crippen LogP contribution in [0, 0.1) is 6.92 Å². The zero-order valence-electron chi connectivity index (χ0n) is 14.5. The summed E-state index contributed by atoms with van der Waals surface area (Å²) in [5.74, 6) is 2.14. The van der Waals surface area contributed by atoms with Crippen molar-refractivity contribution in [3.63, 3.8) is 0 Å². The largest absolute Gasteiger partial charge is 0.490 e. The molecule has 0 unspecified atom stereocenters. The molecule has 2 aromatic rings. The quantitative estimate of drug-likeness (QED) is 0.853. The number of hydrogen-bond donors (Lipinski definition) is 0. The van der Waals surface area contributed by atoms with Crippen molar-refractivity contribution in [1.29, 1.82) is 0 Å². The van der Waals surface area contributed by atoms with Gasteiger partial charge < -0.3 is 14.2 Å². The van der Waals surface area contributed by atoms with E-state index < -0.39 is 0 Å². The summed E-state index contributed by atoms with van der Waals surface area (Å²) in [4.78, 5) is 19.3. The first-order chi connectivity index (χ1) is 12.2. The molecule has 1 atom stereocenters. The summed E-state index contributed by atoms with van der Waals surface area (Å²) in [7, 11) is 0. The van der Waals surface area contributed by atoms with Crippen LogP contribution in [0.25, 0.3) is 0 Å². The van der Waals surface area contributed by atoms with E-state index in [1.807, 2.05) is 29.2 Å². The Hall–Kier alpha value is -2.37. The first-order valence-corrected chi connectivity index (χ1v) is 9.06. The minimum atomic E-state index is 0.0276. The summed E-state index contributed by atoms with van der Waals surface area (Å²) in [6.07, 6.45) is 5.53. The smallest absolute Gasteiger partial charge is 0.257 e. The Kier molecular flexibility index (Phi) is 4.42. The van der Waals surface area contributed by atoms with Crippen LogP contribution in [0.3, 0.4) is 0 Å². The van der Waals surface area contributed by atoms with Gasteiger partial charge in [0.1, 0.15) is 5.75 Å². The highest BCUT2D eigenvalue weighted by atomic mass is 16.5. The third-order valence-electron chi connectivity index (χ3n) is 5.08. The molecule has 1 saturated carbocycles. The molecule has 6 nitrogen and oxygen atoms in total. The number of aromatic nitrogens is 2. The van der Waals surface area contributed by atoms with Crippen molar-refractivity contribution in [3.8, 4) is 5.75 Å². The molecule has 0 bridgehead atoms. The number of benzene rings is 1. The number of amides is 1. The second-order valence-corrected chi connectivity index (χ2v) is 6.93. The number of likely N-dealkylation sites (tertiary alicyclic amines) is 1. The maximum atomic E-state index is 13.1. The first kappa shape index (κ1) is 16.1. The van der Waals surface area contributed by atoms with Gasteiger partial charge in [-0.15, -0.1) is 0 Å². The van der Waals surface area contributed by atoms with Crippen molar-refractivity contribution in [3.05, 3.63) is 41.5 Å². The second-order valence-electron chi connectivity index (χ2n) is 6.93. The van der Waals surface area contributed by atoms with Crippen LogP contribution in [0.1, 0.15) is 60.1 Å². The highest BCUT2D eigenvalue weighted by Crippen LogP contribution is 2.30.